The molecule has 0 saturated carbocycles. The lowest BCUT2D eigenvalue weighted by Crippen LogP contribution is -2.16. The second-order valence-electron chi connectivity index (χ2n) is 10.2. The SMILES string of the molecule is C=C/C=C\C1=C(C)C(=C)/C(=C(\C/C=C\c2ccccc2CC)c2cccc(C3=C[C@H](C)NC=CC3)c2)C=CC1. The maximum absolute atomic E-state index is 4.59. The van der Waals surface area contributed by atoms with Gasteiger partial charge in [0.15, 0.2) is 0 Å². The van der Waals surface area contributed by atoms with Crippen molar-refractivity contribution in [3.05, 3.63) is 161 Å². The average molecular weight is 512 g/mol. The number of allylic oxidation sites excluding steroid dienone is 13. The minimum absolute atomic E-state index is 0.307. The summed E-state index contributed by atoms with van der Waals surface area (Å²) in [5.41, 5.74) is 12.6. The Balaban J connectivity index is 1.81. The summed E-state index contributed by atoms with van der Waals surface area (Å²) >= 11 is 0. The van der Waals surface area contributed by atoms with E-state index in [0.717, 1.165) is 31.3 Å². The van der Waals surface area contributed by atoms with Crippen LogP contribution in [0.2, 0.25) is 0 Å². The number of benzene rings is 2. The molecule has 0 fully saturated rings. The number of nitrogens with one attached hydrogen (secondary N) is 1. The summed E-state index contributed by atoms with van der Waals surface area (Å²) in [6.07, 6.45) is 25.4. The van der Waals surface area contributed by atoms with E-state index in [4.69, 9.17) is 0 Å². The van der Waals surface area contributed by atoms with E-state index in [1.54, 1.807) is 0 Å². The minimum atomic E-state index is 0.307. The molecule has 0 amide bonds. The molecule has 1 nitrogen and oxygen atoms in total. The van der Waals surface area contributed by atoms with E-state index in [2.05, 4.69) is 137 Å². The second kappa shape index (κ2) is 13.6. The molecule has 1 heteroatoms. The van der Waals surface area contributed by atoms with Gasteiger partial charge in [-0.1, -0.05) is 117 Å². The molecule has 39 heavy (non-hydrogen) atoms. The lowest BCUT2D eigenvalue weighted by Gasteiger charge is -2.17. The van der Waals surface area contributed by atoms with E-state index in [9.17, 15) is 0 Å². The van der Waals surface area contributed by atoms with Gasteiger partial charge in [0.2, 0.25) is 0 Å². The first kappa shape index (κ1) is 27.9. The summed E-state index contributed by atoms with van der Waals surface area (Å²) in [7, 11) is 0. The number of hydrogen-bond acceptors (Lipinski definition) is 1. The molecule has 2 aliphatic rings. The Hall–Kier alpha value is -4.10. The molecule has 2 aromatic carbocycles. The lowest BCUT2D eigenvalue weighted by atomic mass is 9.87. The van der Waals surface area contributed by atoms with Crippen LogP contribution in [0.3, 0.4) is 0 Å². The third-order valence-electron chi connectivity index (χ3n) is 7.54. The molecular formula is C38H41N. The Bertz CT molecular complexity index is 1430. The first-order valence-corrected chi connectivity index (χ1v) is 14.1. The predicted octanol–water partition coefficient (Wildman–Crippen LogP) is 9.96. The maximum atomic E-state index is 4.59. The molecule has 4 rings (SSSR count). The predicted molar refractivity (Wildman–Crippen MR) is 172 cm³/mol. The van der Waals surface area contributed by atoms with E-state index < -0.39 is 0 Å². The summed E-state index contributed by atoms with van der Waals surface area (Å²) in [6, 6.07) is 18.0. The third-order valence-corrected chi connectivity index (χ3v) is 7.54. The number of aryl methyl sites for hydroxylation is 1. The highest BCUT2D eigenvalue weighted by atomic mass is 14.9. The van der Waals surface area contributed by atoms with Gasteiger partial charge in [-0.3, -0.25) is 0 Å². The highest BCUT2D eigenvalue weighted by Crippen LogP contribution is 2.36. The zero-order valence-electron chi connectivity index (χ0n) is 23.7. The van der Waals surface area contributed by atoms with Gasteiger partial charge >= 0.3 is 0 Å². The quantitative estimate of drug-likeness (QED) is 0.348. The van der Waals surface area contributed by atoms with Crippen LogP contribution in [0.1, 0.15) is 62.3 Å². The molecule has 1 atom stereocenters. The number of rotatable bonds is 8. The standard InChI is InChI=1S/C38H41N/c1-6-8-15-32-18-12-23-37(30(5)29(32)4)38(24-13-19-33-17-10-9-16-31(33)7-2)36-21-11-20-35(27-36)34-22-14-25-39-28(3)26-34/h6,8-17,19-21,23,25-28,39H,1,5,7,18,22,24H2,2-4H3/b15-8-,19-13-,38-37+/t28-/m0/s1. The Labute approximate surface area is 235 Å². The molecule has 2 aromatic rings. The fraction of sp³-hybridized carbons (Fsp3) is 0.211. The van der Waals surface area contributed by atoms with Crippen LogP contribution in [0.4, 0.5) is 0 Å². The molecular weight excluding hydrogens is 470 g/mol. The zero-order chi connectivity index (χ0) is 27.6. The van der Waals surface area contributed by atoms with Gasteiger partial charge in [0, 0.05) is 6.04 Å². The van der Waals surface area contributed by atoms with Gasteiger partial charge in [0.1, 0.15) is 0 Å². The molecule has 0 bridgehead atoms. The Morgan fingerprint density at radius 3 is 2.72 bits per heavy atom. The van der Waals surface area contributed by atoms with Crippen LogP contribution in [-0.4, -0.2) is 6.04 Å². The number of hydrogen-bond donors (Lipinski definition) is 1. The Morgan fingerprint density at radius 1 is 1.05 bits per heavy atom. The van der Waals surface area contributed by atoms with Crippen molar-refractivity contribution in [2.45, 2.75) is 52.5 Å². The van der Waals surface area contributed by atoms with Crippen molar-refractivity contribution in [3.8, 4) is 0 Å². The highest BCUT2D eigenvalue weighted by Gasteiger charge is 2.16. The summed E-state index contributed by atoms with van der Waals surface area (Å²) in [6.45, 7) is 15.0. The van der Waals surface area contributed by atoms with Gasteiger partial charge in [-0.2, -0.15) is 0 Å². The first-order chi connectivity index (χ1) is 19.0. The first-order valence-electron chi connectivity index (χ1n) is 14.1. The second-order valence-corrected chi connectivity index (χ2v) is 10.2. The van der Waals surface area contributed by atoms with Crippen LogP contribution in [0.25, 0.3) is 17.2 Å². The summed E-state index contributed by atoms with van der Waals surface area (Å²) in [4.78, 5) is 0. The molecule has 1 aliphatic carbocycles. The van der Waals surface area contributed by atoms with Gasteiger partial charge in [-0.05, 0) is 107 Å². The molecule has 0 saturated heterocycles. The Kier molecular flexibility index (Phi) is 9.75. The van der Waals surface area contributed by atoms with Crippen LogP contribution in [0.15, 0.2) is 139 Å². The van der Waals surface area contributed by atoms with E-state index in [1.165, 1.54) is 50.1 Å². The minimum Gasteiger partial charge on any atom is -0.385 e. The summed E-state index contributed by atoms with van der Waals surface area (Å²) in [5.74, 6) is 0. The Morgan fingerprint density at radius 2 is 1.90 bits per heavy atom. The van der Waals surface area contributed by atoms with Gasteiger partial charge in [-0.15, -0.1) is 0 Å². The normalized spacial score (nSPS) is 19.2. The van der Waals surface area contributed by atoms with E-state index in [-0.39, 0.29) is 0 Å². The molecule has 0 spiro atoms. The smallest absolute Gasteiger partial charge is 0.0416 e. The van der Waals surface area contributed by atoms with Crippen molar-refractivity contribution in [2.24, 2.45) is 0 Å². The summed E-state index contributed by atoms with van der Waals surface area (Å²) in [5, 5.41) is 3.41. The fourth-order valence-corrected chi connectivity index (χ4v) is 5.26. The summed E-state index contributed by atoms with van der Waals surface area (Å²) < 4.78 is 0. The van der Waals surface area contributed by atoms with Crippen LogP contribution >= 0.6 is 0 Å². The molecule has 1 N–H and O–H groups in total. The van der Waals surface area contributed by atoms with Crippen molar-refractivity contribution in [3.63, 3.8) is 0 Å². The van der Waals surface area contributed by atoms with Gasteiger partial charge in [0.05, 0.1) is 0 Å². The molecule has 0 unspecified atom stereocenters. The van der Waals surface area contributed by atoms with Gasteiger partial charge in [-0.25, -0.2) is 0 Å². The molecule has 1 heterocycles. The molecule has 1 aliphatic heterocycles. The van der Waals surface area contributed by atoms with Crippen LogP contribution < -0.4 is 5.32 Å². The monoisotopic (exact) mass is 511 g/mol. The fourth-order valence-electron chi connectivity index (χ4n) is 5.26. The van der Waals surface area contributed by atoms with Crippen LogP contribution in [-0.2, 0) is 6.42 Å². The average Bonchev–Trinajstić information content (AvgIpc) is 3.26. The maximum Gasteiger partial charge on any atom is 0.0416 e. The molecule has 0 radical (unpaired) electrons. The molecule has 0 aromatic heterocycles. The van der Waals surface area contributed by atoms with Crippen molar-refractivity contribution >= 4 is 17.2 Å². The van der Waals surface area contributed by atoms with Crippen LogP contribution in [0, 0.1) is 0 Å². The third kappa shape index (κ3) is 7.06. The topological polar surface area (TPSA) is 12.0 Å². The van der Waals surface area contributed by atoms with E-state index in [1.807, 2.05) is 12.2 Å². The van der Waals surface area contributed by atoms with Crippen molar-refractivity contribution < 1.29 is 0 Å². The van der Waals surface area contributed by atoms with E-state index in [0.29, 0.717) is 6.04 Å². The lowest BCUT2D eigenvalue weighted by molar-refractivity contribution is 0.774. The van der Waals surface area contributed by atoms with Crippen molar-refractivity contribution in [1.29, 1.82) is 0 Å². The van der Waals surface area contributed by atoms with Gasteiger partial charge < -0.3 is 5.32 Å². The zero-order valence-corrected chi connectivity index (χ0v) is 23.7. The van der Waals surface area contributed by atoms with Gasteiger partial charge in [0.25, 0.3) is 0 Å². The van der Waals surface area contributed by atoms with Crippen molar-refractivity contribution in [2.75, 3.05) is 0 Å². The molecule has 198 valence electrons. The van der Waals surface area contributed by atoms with E-state index >= 15 is 0 Å². The van der Waals surface area contributed by atoms with Crippen molar-refractivity contribution in [1.82, 2.24) is 5.32 Å². The largest absolute Gasteiger partial charge is 0.385 e. The van der Waals surface area contributed by atoms with Crippen LogP contribution in [0.5, 0.6) is 0 Å². The highest BCUT2D eigenvalue weighted by molar-refractivity contribution is 5.81.